The summed E-state index contributed by atoms with van der Waals surface area (Å²) >= 11 is 0. The molecule has 1 aromatic heterocycles. The highest BCUT2D eigenvalue weighted by Crippen LogP contribution is 2.26. The summed E-state index contributed by atoms with van der Waals surface area (Å²) < 4.78 is 11.1. The Morgan fingerprint density at radius 1 is 0.903 bits per heavy atom. The topological polar surface area (TPSA) is 81.5 Å². The minimum atomic E-state index is -0.765. The quantitative estimate of drug-likeness (QED) is 0.337. The summed E-state index contributed by atoms with van der Waals surface area (Å²) in [6.45, 7) is 6.45. The number of aliphatic carboxylic acids is 1. The van der Waals surface area contributed by atoms with Gasteiger partial charge in [0.1, 0.15) is 0 Å². The number of carboxylic acids is 1. The summed E-state index contributed by atoms with van der Waals surface area (Å²) in [5.41, 5.74) is 1.69. The molecule has 170 valence electrons. The average molecular weight is 429 g/mol. The van der Waals surface area contributed by atoms with Crippen LogP contribution in [0.15, 0.2) is 36.7 Å². The third-order valence-corrected chi connectivity index (χ3v) is 5.14. The van der Waals surface area contributed by atoms with Gasteiger partial charge < -0.3 is 14.6 Å². The van der Waals surface area contributed by atoms with E-state index in [4.69, 9.17) is 9.47 Å². The maximum Gasteiger partial charge on any atom is 0.310 e. The highest BCUT2D eigenvalue weighted by Gasteiger charge is 2.19. The zero-order valence-corrected chi connectivity index (χ0v) is 18.9. The Labute approximate surface area is 186 Å². The molecule has 1 atom stereocenters. The molecule has 0 bridgehead atoms. The molecule has 31 heavy (non-hydrogen) atoms. The number of rotatable bonds is 16. The lowest BCUT2D eigenvalue weighted by atomic mass is 9.92. The molecule has 1 heterocycles. The van der Waals surface area contributed by atoms with E-state index in [0.717, 1.165) is 69.3 Å². The molecule has 2 aromatic rings. The zero-order valence-electron chi connectivity index (χ0n) is 18.9. The van der Waals surface area contributed by atoms with Crippen molar-refractivity contribution < 1.29 is 19.4 Å². The van der Waals surface area contributed by atoms with Gasteiger partial charge in [-0.3, -0.25) is 4.79 Å². The lowest BCUT2D eigenvalue weighted by molar-refractivity contribution is -0.139. The van der Waals surface area contributed by atoms with Crippen molar-refractivity contribution in [3.8, 4) is 17.1 Å². The largest absolute Gasteiger partial charge is 0.490 e. The first-order valence-electron chi connectivity index (χ1n) is 11.5. The molecule has 1 unspecified atom stereocenters. The molecule has 0 spiro atoms. The van der Waals surface area contributed by atoms with E-state index in [9.17, 15) is 9.90 Å². The Hall–Kier alpha value is -2.47. The molecule has 0 fully saturated rings. The van der Waals surface area contributed by atoms with Gasteiger partial charge >= 0.3 is 5.97 Å². The summed E-state index contributed by atoms with van der Waals surface area (Å²) in [5, 5.41) is 9.60. The molecule has 0 aliphatic carbocycles. The fourth-order valence-electron chi connectivity index (χ4n) is 3.35. The third-order valence-electron chi connectivity index (χ3n) is 5.14. The van der Waals surface area contributed by atoms with E-state index in [1.807, 2.05) is 24.3 Å². The smallest absolute Gasteiger partial charge is 0.310 e. The number of benzene rings is 1. The molecule has 6 heteroatoms. The second kappa shape index (κ2) is 14.5. The van der Waals surface area contributed by atoms with Gasteiger partial charge in [-0.2, -0.15) is 0 Å². The van der Waals surface area contributed by atoms with Crippen molar-refractivity contribution in [2.75, 3.05) is 19.8 Å². The predicted molar refractivity (Wildman–Crippen MR) is 122 cm³/mol. The second-order valence-electron chi connectivity index (χ2n) is 7.77. The van der Waals surface area contributed by atoms with Crippen LogP contribution in [0.1, 0.15) is 76.7 Å². The standard InChI is InChI=1S/C25H36N2O4/c1-3-5-6-7-10-23(25(28)29)20-11-13-21(14-12-20)24-26-18-22(19-27-24)31-17-9-8-16-30-15-4-2/h11-14,18-19,23H,3-10,15-17H2,1-2H3,(H,28,29). The first kappa shape index (κ1) is 24.8. The number of nitrogens with zero attached hydrogens (tertiary/aromatic N) is 2. The highest BCUT2D eigenvalue weighted by atomic mass is 16.5. The monoisotopic (exact) mass is 428 g/mol. The van der Waals surface area contributed by atoms with Gasteiger partial charge in [-0.15, -0.1) is 0 Å². The van der Waals surface area contributed by atoms with Crippen LogP contribution in [0.4, 0.5) is 0 Å². The minimum absolute atomic E-state index is 0.463. The van der Waals surface area contributed by atoms with Crippen molar-refractivity contribution in [2.45, 2.75) is 71.1 Å². The molecular formula is C25H36N2O4. The van der Waals surface area contributed by atoms with Gasteiger partial charge in [0.15, 0.2) is 11.6 Å². The van der Waals surface area contributed by atoms with Gasteiger partial charge in [0.2, 0.25) is 0 Å². The molecule has 2 rings (SSSR count). The molecule has 0 saturated carbocycles. The number of hydrogen-bond donors (Lipinski definition) is 1. The SMILES string of the molecule is CCCCCCC(C(=O)O)c1ccc(-c2ncc(OCCCCOCCC)cn2)cc1. The Bertz CT molecular complexity index is 747. The molecule has 1 N–H and O–H groups in total. The lowest BCUT2D eigenvalue weighted by Gasteiger charge is -2.13. The van der Waals surface area contributed by atoms with Gasteiger partial charge in [-0.05, 0) is 31.2 Å². The van der Waals surface area contributed by atoms with Crippen LogP contribution < -0.4 is 4.74 Å². The summed E-state index contributed by atoms with van der Waals surface area (Å²) in [6, 6.07) is 7.54. The van der Waals surface area contributed by atoms with E-state index in [0.29, 0.717) is 24.6 Å². The van der Waals surface area contributed by atoms with Crippen LogP contribution in [-0.2, 0) is 9.53 Å². The van der Waals surface area contributed by atoms with E-state index in [1.165, 1.54) is 0 Å². The molecule has 0 saturated heterocycles. The van der Waals surface area contributed by atoms with Gasteiger partial charge in [0.05, 0.1) is 24.9 Å². The number of carboxylic acid groups (broad SMARTS) is 1. The maximum atomic E-state index is 11.7. The Morgan fingerprint density at radius 2 is 1.61 bits per heavy atom. The first-order chi connectivity index (χ1) is 15.2. The Morgan fingerprint density at radius 3 is 2.26 bits per heavy atom. The third kappa shape index (κ3) is 9.05. The van der Waals surface area contributed by atoms with E-state index >= 15 is 0 Å². The molecule has 0 aliphatic rings. The fraction of sp³-hybridized carbons (Fsp3) is 0.560. The van der Waals surface area contributed by atoms with Crippen LogP contribution in [0, 0.1) is 0 Å². The summed E-state index contributed by atoms with van der Waals surface area (Å²) in [7, 11) is 0. The van der Waals surface area contributed by atoms with E-state index in [1.54, 1.807) is 12.4 Å². The minimum Gasteiger partial charge on any atom is -0.490 e. The van der Waals surface area contributed by atoms with Crippen molar-refractivity contribution in [3.63, 3.8) is 0 Å². The van der Waals surface area contributed by atoms with Gasteiger partial charge in [0, 0.05) is 18.8 Å². The number of hydrogen-bond acceptors (Lipinski definition) is 5. The highest BCUT2D eigenvalue weighted by molar-refractivity contribution is 5.76. The van der Waals surface area contributed by atoms with E-state index < -0.39 is 11.9 Å². The number of carbonyl (C=O) groups is 1. The van der Waals surface area contributed by atoms with Crippen LogP contribution >= 0.6 is 0 Å². The normalized spacial score (nSPS) is 11.9. The summed E-state index contributed by atoms with van der Waals surface area (Å²) in [6.07, 6.45) is 11.3. The van der Waals surface area contributed by atoms with E-state index in [-0.39, 0.29) is 0 Å². The first-order valence-corrected chi connectivity index (χ1v) is 11.5. The molecule has 6 nitrogen and oxygen atoms in total. The zero-order chi connectivity index (χ0) is 22.3. The van der Waals surface area contributed by atoms with Crippen LogP contribution in [0.2, 0.25) is 0 Å². The van der Waals surface area contributed by atoms with Crippen molar-refractivity contribution >= 4 is 5.97 Å². The van der Waals surface area contributed by atoms with Crippen LogP contribution in [0.25, 0.3) is 11.4 Å². The van der Waals surface area contributed by atoms with Crippen molar-refractivity contribution in [1.29, 1.82) is 0 Å². The summed E-state index contributed by atoms with van der Waals surface area (Å²) in [4.78, 5) is 20.5. The molecule has 0 amide bonds. The van der Waals surface area contributed by atoms with Gasteiger partial charge in [-0.1, -0.05) is 63.8 Å². The van der Waals surface area contributed by atoms with Crippen LogP contribution in [0.5, 0.6) is 5.75 Å². The number of aromatic nitrogens is 2. The fourth-order valence-corrected chi connectivity index (χ4v) is 3.35. The summed E-state index contributed by atoms with van der Waals surface area (Å²) in [5.74, 6) is 0.0171. The van der Waals surface area contributed by atoms with Crippen molar-refractivity contribution in [1.82, 2.24) is 9.97 Å². The number of unbranched alkanes of at least 4 members (excludes halogenated alkanes) is 4. The Balaban J connectivity index is 1.85. The van der Waals surface area contributed by atoms with Crippen molar-refractivity contribution in [2.24, 2.45) is 0 Å². The number of ether oxygens (including phenoxy) is 2. The predicted octanol–water partition coefficient (Wildman–Crippen LogP) is 5.87. The van der Waals surface area contributed by atoms with Gasteiger partial charge in [-0.25, -0.2) is 9.97 Å². The van der Waals surface area contributed by atoms with Crippen molar-refractivity contribution in [3.05, 3.63) is 42.2 Å². The molecular weight excluding hydrogens is 392 g/mol. The molecule has 0 aliphatic heterocycles. The Kier molecular flexibility index (Phi) is 11.6. The maximum absolute atomic E-state index is 11.7. The van der Waals surface area contributed by atoms with Crippen LogP contribution in [-0.4, -0.2) is 40.9 Å². The molecule has 1 aromatic carbocycles. The van der Waals surface area contributed by atoms with Crippen LogP contribution in [0.3, 0.4) is 0 Å². The molecule has 0 radical (unpaired) electrons. The second-order valence-corrected chi connectivity index (χ2v) is 7.77. The lowest BCUT2D eigenvalue weighted by Crippen LogP contribution is -2.11. The van der Waals surface area contributed by atoms with E-state index in [2.05, 4.69) is 23.8 Å². The van der Waals surface area contributed by atoms with Gasteiger partial charge in [0.25, 0.3) is 0 Å². The average Bonchev–Trinajstić information content (AvgIpc) is 2.79.